The molecule has 116 valence electrons. The number of amides is 1. The minimum Gasteiger partial charge on any atom is -0.325 e. The predicted octanol–water partition coefficient (Wildman–Crippen LogP) is 3.20. The van der Waals surface area contributed by atoms with Gasteiger partial charge in [-0.05, 0) is 23.8 Å². The van der Waals surface area contributed by atoms with Crippen LogP contribution in [0.4, 0.5) is 0 Å². The Kier molecular flexibility index (Phi) is 5.04. The number of nitrogens with one attached hydrogen (secondary N) is 1. The van der Waals surface area contributed by atoms with Crippen LogP contribution in [0.2, 0.25) is 0 Å². The van der Waals surface area contributed by atoms with Gasteiger partial charge in [0.05, 0.1) is 12.2 Å². The Morgan fingerprint density at radius 2 is 1.86 bits per heavy atom. The summed E-state index contributed by atoms with van der Waals surface area (Å²) in [7, 11) is 0. The number of rotatable bonds is 5. The van der Waals surface area contributed by atoms with E-state index in [1.165, 1.54) is 5.56 Å². The molecule has 0 bridgehead atoms. The summed E-state index contributed by atoms with van der Waals surface area (Å²) in [5.41, 5.74) is 1.35. The van der Waals surface area contributed by atoms with E-state index in [9.17, 15) is 4.79 Å². The molecular formula is C18H28N2O. The van der Waals surface area contributed by atoms with Gasteiger partial charge in [-0.3, -0.25) is 10.1 Å². The highest BCUT2D eigenvalue weighted by molar-refractivity contribution is 5.84. The van der Waals surface area contributed by atoms with E-state index in [2.05, 4.69) is 50.0 Å². The van der Waals surface area contributed by atoms with E-state index in [4.69, 9.17) is 0 Å². The van der Waals surface area contributed by atoms with Crippen molar-refractivity contribution in [3.8, 4) is 0 Å². The highest BCUT2D eigenvalue weighted by Gasteiger charge is 2.39. The van der Waals surface area contributed by atoms with E-state index >= 15 is 0 Å². The fourth-order valence-electron chi connectivity index (χ4n) is 2.96. The van der Waals surface area contributed by atoms with Gasteiger partial charge in [0.2, 0.25) is 5.91 Å². The van der Waals surface area contributed by atoms with Crippen molar-refractivity contribution in [2.45, 2.75) is 59.2 Å². The van der Waals surface area contributed by atoms with Crippen LogP contribution >= 0.6 is 0 Å². The lowest BCUT2D eigenvalue weighted by molar-refractivity contribution is -0.131. The van der Waals surface area contributed by atoms with Crippen molar-refractivity contribution in [3.05, 3.63) is 35.9 Å². The Morgan fingerprint density at radius 1 is 1.19 bits per heavy atom. The number of hydrogen-bond donors (Lipinski definition) is 1. The van der Waals surface area contributed by atoms with Crippen molar-refractivity contribution in [2.75, 3.05) is 6.54 Å². The van der Waals surface area contributed by atoms with Gasteiger partial charge in [-0.15, -0.1) is 0 Å². The first kappa shape index (κ1) is 16.0. The Bertz CT molecular complexity index is 464. The summed E-state index contributed by atoms with van der Waals surface area (Å²) in [6.07, 6.45) is 3.08. The lowest BCUT2D eigenvalue weighted by Gasteiger charge is -2.30. The fraction of sp³-hybridized carbons (Fsp3) is 0.611. The first-order chi connectivity index (χ1) is 9.90. The van der Waals surface area contributed by atoms with Gasteiger partial charge in [0.25, 0.3) is 0 Å². The fourth-order valence-corrected chi connectivity index (χ4v) is 2.96. The topological polar surface area (TPSA) is 32.3 Å². The predicted molar refractivity (Wildman–Crippen MR) is 86.9 cm³/mol. The molecule has 1 aliphatic heterocycles. The maximum Gasteiger partial charge on any atom is 0.241 e. The normalized spacial score (nSPS) is 22.9. The van der Waals surface area contributed by atoms with E-state index in [0.29, 0.717) is 0 Å². The zero-order valence-corrected chi connectivity index (χ0v) is 13.7. The van der Waals surface area contributed by atoms with E-state index < -0.39 is 0 Å². The SMILES string of the molecule is CCCC1NC(Cc2ccccc2)C(=O)N1CC(C)(C)C. The van der Waals surface area contributed by atoms with Gasteiger partial charge in [0.15, 0.2) is 0 Å². The number of hydrogen-bond acceptors (Lipinski definition) is 2. The average molecular weight is 288 g/mol. The summed E-state index contributed by atoms with van der Waals surface area (Å²) in [6.45, 7) is 9.55. The molecule has 3 heteroatoms. The minimum atomic E-state index is -0.0775. The molecule has 1 saturated heterocycles. The molecule has 3 nitrogen and oxygen atoms in total. The number of benzene rings is 1. The Balaban J connectivity index is 2.09. The molecule has 0 spiro atoms. The molecule has 1 heterocycles. The molecule has 0 saturated carbocycles. The molecule has 2 rings (SSSR count). The largest absolute Gasteiger partial charge is 0.325 e. The number of nitrogens with zero attached hydrogens (tertiary/aromatic N) is 1. The highest BCUT2D eigenvalue weighted by atomic mass is 16.2. The van der Waals surface area contributed by atoms with E-state index in [0.717, 1.165) is 25.8 Å². The maximum atomic E-state index is 12.7. The van der Waals surface area contributed by atoms with Crippen LogP contribution in [-0.2, 0) is 11.2 Å². The van der Waals surface area contributed by atoms with Gasteiger partial charge in [-0.1, -0.05) is 64.4 Å². The summed E-state index contributed by atoms with van der Waals surface area (Å²) in [5.74, 6) is 0.257. The third-order valence-electron chi connectivity index (χ3n) is 3.84. The third kappa shape index (κ3) is 4.31. The van der Waals surface area contributed by atoms with Crippen molar-refractivity contribution in [1.82, 2.24) is 10.2 Å². The first-order valence-electron chi connectivity index (χ1n) is 8.01. The molecule has 21 heavy (non-hydrogen) atoms. The van der Waals surface area contributed by atoms with Crippen LogP contribution in [0.1, 0.15) is 46.1 Å². The summed E-state index contributed by atoms with van der Waals surface area (Å²) in [5, 5.41) is 3.54. The zero-order valence-electron chi connectivity index (χ0n) is 13.7. The molecule has 0 aromatic heterocycles. The molecule has 1 amide bonds. The van der Waals surface area contributed by atoms with Gasteiger partial charge in [-0.25, -0.2) is 0 Å². The van der Waals surface area contributed by atoms with Crippen LogP contribution in [0.25, 0.3) is 0 Å². The summed E-state index contributed by atoms with van der Waals surface area (Å²) in [4.78, 5) is 14.8. The third-order valence-corrected chi connectivity index (χ3v) is 3.84. The van der Waals surface area contributed by atoms with Crippen LogP contribution in [0.15, 0.2) is 30.3 Å². The Hall–Kier alpha value is -1.35. The molecule has 1 aromatic rings. The molecule has 2 atom stereocenters. The minimum absolute atomic E-state index is 0.0775. The van der Waals surface area contributed by atoms with Gasteiger partial charge in [0, 0.05) is 6.54 Å². The molecule has 0 radical (unpaired) electrons. The molecular weight excluding hydrogens is 260 g/mol. The smallest absolute Gasteiger partial charge is 0.241 e. The summed E-state index contributed by atoms with van der Waals surface area (Å²) in [6, 6.07) is 10.2. The average Bonchev–Trinajstić information content (AvgIpc) is 2.68. The van der Waals surface area contributed by atoms with Gasteiger partial charge in [-0.2, -0.15) is 0 Å². The standard InChI is InChI=1S/C18H28N2O/c1-5-9-16-19-15(12-14-10-7-6-8-11-14)17(21)20(16)13-18(2,3)4/h6-8,10-11,15-16,19H,5,9,12-13H2,1-4H3. The van der Waals surface area contributed by atoms with Gasteiger partial charge < -0.3 is 4.90 Å². The second-order valence-electron chi connectivity index (χ2n) is 7.24. The summed E-state index contributed by atoms with van der Waals surface area (Å²) < 4.78 is 0. The molecule has 0 aliphatic carbocycles. The van der Waals surface area contributed by atoms with E-state index in [1.807, 2.05) is 18.2 Å². The molecule has 1 aliphatic rings. The van der Waals surface area contributed by atoms with Gasteiger partial charge >= 0.3 is 0 Å². The molecule has 1 fully saturated rings. The second-order valence-corrected chi connectivity index (χ2v) is 7.24. The van der Waals surface area contributed by atoms with Crippen LogP contribution in [-0.4, -0.2) is 29.6 Å². The molecule has 2 unspecified atom stereocenters. The Morgan fingerprint density at radius 3 is 2.43 bits per heavy atom. The lowest BCUT2D eigenvalue weighted by Crippen LogP contribution is -2.42. The Labute approximate surface area is 128 Å². The van der Waals surface area contributed by atoms with Gasteiger partial charge in [0.1, 0.15) is 0 Å². The van der Waals surface area contributed by atoms with Crippen LogP contribution in [0.3, 0.4) is 0 Å². The van der Waals surface area contributed by atoms with Crippen molar-refractivity contribution in [2.24, 2.45) is 5.41 Å². The van der Waals surface area contributed by atoms with Crippen LogP contribution in [0, 0.1) is 5.41 Å². The lowest BCUT2D eigenvalue weighted by atomic mass is 9.95. The maximum absolute atomic E-state index is 12.7. The van der Waals surface area contributed by atoms with Crippen molar-refractivity contribution >= 4 is 5.91 Å². The van der Waals surface area contributed by atoms with Crippen molar-refractivity contribution < 1.29 is 4.79 Å². The van der Waals surface area contributed by atoms with Crippen LogP contribution in [0.5, 0.6) is 0 Å². The molecule has 1 N–H and O–H groups in total. The molecule has 1 aromatic carbocycles. The van der Waals surface area contributed by atoms with Crippen molar-refractivity contribution in [3.63, 3.8) is 0 Å². The highest BCUT2D eigenvalue weighted by Crippen LogP contribution is 2.24. The zero-order chi connectivity index (χ0) is 15.5. The second kappa shape index (κ2) is 6.61. The quantitative estimate of drug-likeness (QED) is 0.902. The first-order valence-corrected chi connectivity index (χ1v) is 8.01. The monoisotopic (exact) mass is 288 g/mol. The number of carbonyl (C=O) groups excluding carboxylic acids is 1. The number of carbonyl (C=O) groups is 1. The van der Waals surface area contributed by atoms with E-state index in [1.54, 1.807) is 0 Å². The van der Waals surface area contributed by atoms with E-state index in [-0.39, 0.29) is 23.5 Å². The van der Waals surface area contributed by atoms with Crippen molar-refractivity contribution in [1.29, 1.82) is 0 Å². The van der Waals surface area contributed by atoms with Crippen LogP contribution < -0.4 is 5.32 Å². The summed E-state index contributed by atoms with van der Waals surface area (Å²) >= 11 is 0.